The van der Waals surface area contributed by atoms with E-state index in [2.05, 4.69) is 10.2 Å². The van der Waals surface area contributed by atoms with E-state index < -0.39 is 0 Å². The van der Waals surface area contributed by atoms with Crippen molar-refractivity contribution in [2.24, 2.45) is 5.73 Å². The average Bonchev–Trinajstić information content (AvgIpc) is 2.88. The molecule has 1 aromatic carbocycles. The van der Waals surface area contributed by atoms with Gasteiger partial charge in [-0.05, 0) is 25.1 Å². The summed E-state index contributed by atoms with van der Waals surface area (Å²) in [6, 6.07) is 5.54. The van der Waals surface area contributed by atoms with Crippen LogP contribution in [0.4, 0.5) is 5.69 Å². The fourth-order valence-electron chi connectivity index (χ4n) is 2.53. The number of piperazine rings is 1. The van der Waals surface area contributed by atoms with Crippen LogP contribution in [0.25, 0.3) is 0 Å². The third-order valence-corrected chi connectivity index (χ3v) is 3.46. The molecule has 0 aromatic heterocycles. The zero-order valence-electron chi connectivity index (χ0n) is 10.6. The molecular weight excluding hydrogens is 246 g/mol. The van der Waals surface area contributed by atoms with Gasteiger partial charge in [0.1, 0.15) is 6.04 Å². The van der Waals surface area contributed by atoms with Gasteiger partial charge in [0, 0.05) is 24.8 Å². The maximum absolute atomic E-state index is 11.9. The quantitative estimate of drug-likeness (QED) is 0.807. The fraction of sp³-hybridized carbons (Fsp3) is 0.462. The molecule has 6 nitrogen and oxygen atoms in total. The van der Waals surface area contributed by atoms with Crippen molar-refractivity contribution in [3.63, 3.8) is 0 Å². The molecule has 0 spiro atoms. The lowest BCUT2D eigenvalue weighted by Crippen LogP contribution is -2.56. The Hall–Kier alpha value is -1.95. The van der Waals surface area contributed by atoms with Crippen LogP contribution in [0.15, 0.2) is 18.2 Å². The lowest BCUT2D eigenvalue weighted by Gasteiger charge is -2.36. The molecule has 1 atom stereocenters. The minimum absolute atomic E-state index is 0.0365. The SMILES string of the molecule is NCCC1C(=O)NCCN1c1ccc2c(c1)OCO2. The minimum atomic E-state index is -0.209. The predicted octanol–water partition coefficient (Wildman–Crippen LogP) is 0.0689. The zero-order chi connectivity index (χ0) is 13.2. The van der Waals surface area contributed by atoms with Crippen LogP contribution in [-0.4, -0.2) is 38.4 Å². The van der Waals surface area contributed by atoms with Gasteiger partial charge in [0.05, 0.1) is 0 Å². The highest BCUT2D eigenvalue weighted by Gasteiger charge is 2.30. The Labute approximate surface area is 111 Å². The first kappa shape index (κ1) is 12.1. The van der Waals surface area contributed by atoms with Crippen molar-refractivity contribution < 1.29 is 14.3 Å². The first-order valence-corrected chi connectivity index (χ1v) is 6.43. The van der Waals surface area contributed by atoms with Crippen LogP contribution in [-0.2, 0) is 4.79 Å². The molecule has 3 N–H and O–H groups in total. The zero-order valence-corrected chi connectivity index (χ0v) is 10.6. The summed E-state index contributed by atoms with van der Waals surface area (Å²) >= 11 is 0. The molecular formula is C13H17N3O3. The molecule has 0 aliphatic carbocycles. The number of fused-ring (bicyclic) bond motifs is 1. The highest BCUT2D eigenvalue weighted by molar-refractivity contribution is 5.86. The highest BCUT2D eigenvalue weighted by Crippen LogP contribution is 2.36. The summed E-state index contributed by atoms with van der Waals surface area (Å²) in [6.45, 7) is 2.16. The van der Waals surface area contributed by atoms with Crippen LogP contribution in [0.5, 0.6) is 11.5 Å². The van der Waals surface area contributed by atoms with Gasteiger partial charge in [-0.25, -0.2) is 0 Å². The van der Waals surface area contributed by atoms with E-state index in [1.54, 1.807) is 0 Å². The van der Waals surface area contributed by atoms with Gasteiger partial charge in [0.2, 0.25) is 12.7 Å². The molecule has 1 unspecified atom stereocenters. The Morgan fingerprint density at radius 1 is 1.37 bits per heavy atom. The summed E-state index contributed by atoms with van der Waals surface area (Å²) in [4.78, 5) is 14.0. The van der Waals surface area contributed by atoms with Crippen molar-refractivity contribution in [2.75, 3.05) is 31.3 Å². The lowest BCUT2D eigenvalue weighted by atomic mass is 10.1. The standard InChI is InChI=1S/C13H17N3O3/c14-4-3-10-13(17)15-5-6-16(10)9-1-2-11-12(7-9)19-8-18-11/h1-2,7,10H,3-6,8,14H2,(H,15,17). The Morgan fingerprint density at radius 2 is 2.21 bits per heavy atom. The first-order chi connectivity index (χ1) is 9.29. The molecule has 1 fully saturated rings. The minimum Gasteiger partial charge on any atom is -0.454 e. The molecule has 1 amide bonds. The van der Waals surface area contributed by atoms with Crippen LogP contribution >= 0.6 is 0 Å². The Morgan fingerprint density at radius 3 is 3.05 bits per heavy atom. The molecule has 1 aromatic rings. The third kappa shape index (κ3) is 2.19. The van der Waals surface area contributed by atoms with E-state index in [1.165, 1.54) is 0 Å². The molecule has 2 heterocycles. The molecule has 1 saturated heterocycles. The second kappa shape index (κ2) is 4.97. The Balaban J connectivity index is 1.88. The van der Waals surface area contributed by atoms with E-state index in [-0.39, 0.29) is 18.7 Å². The number of anilines is 1. The molecule has 2 aliphatic heterocycles. The summed E-state index contributed by atoms with van der Waals surface area (Å²) in [7, 11) is 0. The predicted molar refractivity (Wildman–Crippen MR) is 70.4 cm³/mol. The van der Waals surface area contributed by atoms with Gasteiger partial charge in [-0.2, -0.15) is 0 Å². The van der Waals surface area contributed by atoms with Gasteiger partial charge in [-0.3, -0.25) is 4.79 Å². The van der Waals surface area contributed by atoms with E-state index >= 15 is 0 Å². The lowest BCUT2D eigenvalue weighted by molar-refractivity contribution is -0.123. The normalized spacial score (nSPS) is 21.4. The number of rotatable bonds is 3. The molecule has 19 heavy (non-hydrogen) atoms. The number of carbonyl (C=O) groups is 1. The maximum Gasteiger partial charge on any atom is 0.242 e. The number of nitrogens with two attached hydrogens (primary N) is 1. The largest absolute Gasteiger partial charge is 0.454 e. The van der Waals surface area contributed by atoms with Gasteiger partial charge in [0.25, 0.3) is 0 Å². The van der Waals surface area contributed by atoms with Crippen molar-refractivity contribution in [2.45, 2.75) is 12.5 Å². The molecule has 102 valence electrons. The van der Waals surface area contributed by atoms with Gasteiger partial charge in [-0.15, -0.1) is 0 Å². The van der Waals surface area contributed by atoms with Gasteiger partial charge < -0.3 is 25.4 Å². The second-order valence-electron chi connectivity index (χ2n) is 4.62. The first-order valence-electron chi connectivity index (χ1n) is 6.43. The number of benzene rings is 1. The fourth-order valence-corrected chi connectivity index (χ4v) is 2.53. The van der Waals surface area contributed by atoms with Crippen LogP contribution in [0.2, 0.25) is 0 Å². The Bertz CT molecular complexity index is 492. The van der Waals surface area contributed by atoms with Crippen LogP contribution in [0, 0.1) is 0 Å². The van der Waals surface area contributed by atoms with Crippen LogP contribution in [0.3, 0.4) is 0 Å². The molecule has 0 radical (unpaired) electrons. The third-order valence-electron chi connectivity index (χ3n) is 3.46. The van der Waals surface area contributed by atoms with Gasteiger partial charge in [0.15, 0.2) is 11.5 Å². The summed E-state index contributed by atoms with van der Waals surface area (Å²) in [5.41, 5.74) is 6.57. The van der Waals surface area contributed by atoms with Crippen LogP contribution in [0.1, 0.15) is 6.42 Å². The smallest absolute Gasteiger partial charge is 0.242 e. The summed E-state index contributed by atoms with van der Waals surface area (Å²) < 4.78 is 10.7. The summed E-state index contributed by atoms with van der Waals surface area (Å²) in [5.74, 6) is 1.52. The molecule has 6 heteroatoms. The van der Waals surface area contributed by atoms with Gasteiger partial charge in [-0.1, -0.05) is 0 Å². The topological polar surface area (TPSA) is 76.8 Å². The average molecular weight is 263 g/mol. The van der Waals surface area contributed by atoms with Crippen LogP contribution < -0.4 is 25.4 Å². The number of ether oxygens (including phenoxy) is 2. The number of amides is 1. The molecule has 2 aliphatic rings. The van der Waals surface area contributed by atoms with E-state index in [0.29, 0.717) is 19.5 Å². The summed E-state index contributed by atoms with van der Waals surface area (Å²) in [6.07, 6.45) is 0.639. The number of nitrogens with one attached hydrogen (secondary N) is 1. The van der Waals surface area contributed by atoms with E-state index in [9.17, 15) is 4.79 Å². The number of hydrogen-bond donors (Lipinski definition) is 2. The van der Waals surface area contributed by atoms with E-state index in [0.717, 1.165) is 23.7 Å². The van der Waals surface area contributed by atoms with Crippen molar-refractivity contribution in [1.29, 1.82) is 0 Å². The van der Waals surface area contributed by atoms with Crippen molar-refractivity contribution in [3.05, 3.63) is 18.2 Å². The number of carbonyl (C=O) groups excluding carboxylic acids is 1. The van der Waals surface area contributed by atoms with Crippen molar-refractivity contribution in [3.8, 4) is 11.5 Å². The second-order valence-corrected chi connectivity index (χ2v) is 4.62. The van der Waals surface area contributed by atoms with E-state index in [4.69, 9.17) is 15.2 Å². The van der Waals surface area contributed by atoms with E-state index in [1.807, 2.05) is 18.2 Å². The number of hydrogen-bond acceptors (Lipinski definition) is 5. The number of nitrogens with zero attached hydrogens (tertiary/aromatic N) is 1. The Kier molecular flexibility index (Phi) is 3.16. The monoisotopic (exact) mass is 263 g/mol. The maximum atomic E-state index is 11.9. The molecule has 0 saturated carbocycles. The van der Waals surface area contributed by atoms with Crippen molar-refractivity contribution in [1.82, 2.24) is 5.32 Å². The molecule has 0 bridgehead atoms. The summed E-state index contributed by atoms with van der Waals surface area (Å²) in [5, 5.41) is 2.88. The van der Waals surface area contributed by atoms with Crippen molar-refractivity contribution >= 4 is 11.6 Å². The highest BCUT2D eigenvalue weighted by atomic mass is 16.7. The van der Waals surface area contributed by atoms with Gasteiger partial charge >= 0.3 is 0 Å². The molecule has 3 rings (SSSR count).